The van der Waals surface area contributed by atoms with Crippen LogP contribution in [-0.2, 0) is 0 Å². The highest BCUT2D eigenvalue weighted by Crippen LogP contribution is 2.16. The van der Waals surface area contributed by atoms with Gasteiger partial charge in [0.2, 0.25) is 0 Å². The minimum atomic E-state index is -0.970. The monoisotopic (exact) mass is 259 g/mol. The fourth-order valence-electron chi connectivity index (χ4n) is 1.44. The van der Waals surface area contributed by atoms with Crippen LogP contribution in [0.15, 0.2) is 18.2 Å². The molecule has 0 aliphatic heterocycles. The highest BCUT2D eigenvalue weighted by atomic mass is 19.2. The molecule has 1 unspecified atom stereocenters. The van der Waals surface area contributed by atoms with Gasteiger partial charge in [0, 0.05) is 25.1 Å². The molecule has 102 valence electrons. The van der Waals surface area contributed by atoms with E-state index < -0.39 is 17.7 Å². The lowest BCUT2D eigenvalue weighted by atomic mass is 9.95. The second kappa shape index (κ2) is 6.22. The van der Waals surface area contributed by atoms with Gasteiger partial charge in [0.25, 0.3) is 0 Å². The largest absolute Gasteiger partial charge is 0.396 e. The van der Waals surface area contributed by atoms with Gasteiger partial charge in [-0.05, 0) is 17.7 Å². The van der Waals surface area contributed by atoms with Crippen molar-refractivity contribution < 1.29 is 19.0 Å². The van der Waals surface area contributed by atoms with Gasteiger partial charge in [0.05, 0.1) is 6.10 Å². The fourth-order valence-corrected chi connectivity index (χ4v) is 1.44. The van der Waals surface area contributed by atoms with Crippen LogP contribution in [0.4, 0.5) is 8.78 Å². The second-order valence-electron chi connectivity index (χ2n) is 5.14. The van der Waals surface area contributed by atoms with E-state index in [9.17, 15) is 13.9 Å². The number of nitrogens with one attached hydrogen (secondary N) is 1. The van der Waals surface area contributed by atoms with Crippen LogP contribution in [-0.4, -0.2) is 29.9 Å². The van der Waals surface area contributed by atoms with E-state index in [-0.39, 0.29) is 18.6 Å². The molecule has 1 aromatic rings. The molecule has 0 aromatic heterocycles. The van der Waals surface area contributed by atoms with E-state index in [2.05, 4.69) is 5.32 Å². The number of rotatable bonds is 6. The normalized spacial score (nSPS) is 13.7. The van der Waals surface area contributed by atoms with E-state index in [0.717, 1.165) is 12.1 Å². The van der Waals surface area contributed by atoms with Gasteiger partial charge in [-0.2, -0.15) is 0 Å². The molecule has 1 aromatic carbocycles. The maximum Gasteiger partial charge on any atom is 0.159 e. The summed E-state index contributed by atoms with van der Waals surface area (Å²) in [6, 6.07) is 3.33. The zero-order valence-electron chi connectivity index (χ0n) is 10.6. The van der Waals surface area contributed by atoms with Gasteiger partial charge in [0.1, 0.15) is 0 Å². The van der Waals surface area contributed by atoms with Gasteiger partial charge >= 0.3 is 0 Å². The van der Waals surface area contributed by atoms with Gasteiger partial charge in [-0.3, -0.25) is 0 Å². The highest BCUT2D eigenvalue weighted by molar-refractivity contribution is 5.20. The molecule has 0 aliphatic rings. The van der Waals surface area contributed by atoms with Gasteiger partial charge in [0.15, 0.2) is 11.6 Å². The van der Waals surface area contributed by atoms with E-state index >= 15 is 0 Å². The van der Waals surface area contributed by atoms with Crippen LogP contribution < -0.4 is 5.32 Å². The van der Waals surface area contributed by atoms with Crippen molar-refractivity contribution in [2.45, 2.75) is 20.0 Å². The third kappa shape index (κ3) is 4.33. The molecular weight excluding hydrogens is 240 g/mol. The van der Waals surface area contributed by atoms with Crippen LogP contribution in [0, 0.1) is 17.0 Å². The Kier molecular flexibility index (Phi) is 5.19. The Balaban J connectivity index is 2.50. The zero-order chi connectivity index (χ0) is 13.8. The predicted octanol–water partition coefficient (Wildman–Crippen LogP) is 1.61. The molecule has 5 heteroatoms. The van der Waals surface area contributed by atoms with Crippen LogP contribution in [0.1, 0.15) is 25.5 Å². The second-order valence-corrected chi connectivity index (χ2v) is 5.14. The molecular formula is C13H19F2NO2. The Hall–Kier alpha value is -1.04. The van der Waals surface area contributed by atoms with E-state index in [1.54, 1.807) is 0 Å². The molecule has 0 saturated heterocycles. The Bertz CT molecular complexity index is 397. The zero-order valence-corrected chi connectivity index (χ0v) is 10.6. The SMILES string of the molecule is CC(C)(CO)CNCC(O)c1ccc(F)c(F)c1. The lowest BCUT2D eigenvalue weighted by molar-refractivity contribution is 0.138. The molecule has 0 amide bonds. The Morgan fingerprint density at radius 1 is 1.28 bits per heavy atom. The lowest BCUT2D eigenvalue weighted by Gasteiger charge is -2.23. The molecule has 0 aliphatic carbocycles. The molecule has 3 nitrogen and oxygen atoms in total. The van der Waals surface area contributed by atoms with Crippen molar-refractivity contribution in [1.82, 2.24) is 5.32 Å². The van der Waals surface area contributed by atoms with Gasteiger partial charge in [-0.25, -0.2) is 8.78 Å². The average Bonchev–Trinajstić information content (AvgIpc) is 2.32. The first-order valence-corrected chi connectivity index (χ1v) is 5.80. The molecule has 0 fully saturated rings. The quantitative estimate of drug-likeness (QED) is 0.727. The molecule has 18 heavy (non-hydrogen) atoms. The number of aliphatic hydroxyl groups is 2. The molecule has 1 atom stereocenters. The summed E-state index contributed by atoms with van der Waals surface area (Å²) in [5.74, 6) is -1.90. The number of hydrogen-bond donors (Lipinski definition) is 3. The maximum atomic E-state index is 13.0. The van der Waals surface area contributed by atoms with Crippen molar-refractivity contribution in [2.75, 3.05) is 19.7 Å². The smallest absolute Gasteiger partial charge is 0.159 e. The molecule has 0 spiro atoms. The van der Waals surface area contributed by atoms with Crippen LogP contribution in [0.5, 0.6) is 0 Å². The first-order valence-electron chi connectivity index (χ1n) is 5.80. The highest BCUT2D eigenvalue weighted by Gasteiger charge is 2.17. The summed E-state index contributed by atoms with van der Waals surface area (Å²) >= 11 is 0. The summed E-state index contributed by atoms with van der Waals surface area (Å²) in [5, 5.41) is 21.8. The molecule has 0 heterocycles. The summed E-state index contributed by atoms with van der Waals surface area (Å²) in [7, 11) is 0. The fraction of sp³-hybridized carbons (Fsp3) is 0.538. The van der Waals surface area contributed by atoms with E-state index in [1.807, 2.05) is 13.8 Å². The Morgan fingerprint density at radius 3 is 2.50 bits per heavy atom. The van der Waals surface area contributed by atoms with Crippen molar-refractivity contribution in [2.24, 2.45) is 5.41 Å². The van der Waals surface area contributed by atoms with E-state index in [1.165, 1.54) is 6.07 Å². The number of hydrogen-bond acceptors (Lipinski definition) is 3. The van der Waals surface area contributed by atoms with Crippen LogP contribution in [0.25, 0.3) is 0 Å². The Morgan fingerprint density at radius 2 is 1.94 bits per heavy atom. The standard InChI is InChI=1S/C13H19F2NO2/c1-13(2,8-17)7-16-6-12(18)9-3-4-10(14)11(15)5-9/h3-5,12,16-18H,6-8H2,1-2H3. The van der Waals surface area contributed by atoms with E-state index in [0.29, 0.717) is 12.1 Å². The van der Waals surface area contributed by atoms with Crippen molar-refractivity contribution in [3.8, 4) is 0 Å². The number of benzene rings is 1. The third-order valence-electron chi connectivity index (χ3n) is 2.70. The molecule has 1 rings (SSSR count). The topological polar surface area (TPSA) is 52.5 Å². The minimum Gasteiger partial charge on any atom is -0.396 e. The third-order valence-corrected chi connectivity index (χ3v) is 2.70. The molecule has 0 radical (unpaired) electrons. The maximum absolute atomic E-state index is 13.0. The van der Waals surface area contributed by atoms with Crippen molar-refractivity contribution in [1.29, 1.82) is 0 Å². The van der Waals surface area contributed by atoms with Gasteiger partial charge in [-0.15, -0.1) is 0 Å². The van der Waals surface area contributed by atoms with Gasteiger partial charge in [-0.1, -0.05) is 19.9 Å². The lowest BCUT2D eigenvalue weighted by Crippen LogP contribution is -2.34. The molecule has 0 saturated carbocycles. The summed E-state index contributed by atoms with van der Waals surface area (Å²) in [5.41, 5.74) is 0.0384. The van der Waals surface area contributed by atoms with Crippen molar-refractivity contribution >= 4 is 0 Å². The van der Waals surface area contributed by atoms with Crippen molar-refractivity contribution in [3.05, 3.63) is 35.4 Å². The number of halogens is 2. The number of aliphatic hydroxyl groups excluding tert-OH is 2. The van der Waals surface area contributed by atoms with E-state index in [4.69, 9.17) is 5.11 Å². The predicted molar refractivity (Wildman–Crippen MR) is 65.1 cm³/mol. The van der Waals surface area contributed by atoms with Crippen LogP contribution in [0.2, 0.25) is 0 Å². The first-order chi connectivity index (χ1) is 8.35. The average molecular weight is 259 g/mol. The first kappa shape index (κ1) is 15.0. The van der Waals surface area contributed by atoms with Crippen molar-refractivity contribution in [3.63, 3.8) is 0 Å². The summed E-state index contributed by atoms with van der Waals surface area (Å²) in [4.78, 5) is 0. The van der Waals surface area contributed by atoms with Crippen LogP contribution in [0.3, 0.4) is 0 Å². The molecule has 0 bridgehead atoms. The van der Waals surface area contributed by atoms with Crippen LogP contribution >= 0.6 is 0 Å². The summed E-state index contributed by atoms with van der Waals surface area (Å²) in [6.07, 6.45) is -0.908. The summed E-state index contributed by atoms with van der Waals surface area (Å²) < 4.78 is 25.7. The molecule has 3 N–H and O–H groups in total. The Labute approximate surface area is 105 Å². The summed E-state index contributed by atoms with van der Waals surface area (Å²) in [6.45, 7) is 4.52. The van der Waals surface area contributed by atoms with Gasteiger partial charge < -0.3 is 15.5 Å². The minimum absolute atomic E-state index is 0.0290.